The summed E-state index contributed by atoms with van der Waals surface area (Å²) in [6, 6.07) is 11.0. The second-order valence-corrected chi connectivity index (χ2v) is 5.94. The third-order valence-electron chi connectivity index (χ3n) is 3.53. The Balaban J connectivity index is 2.74. The van der Waals surface area contributed by atoms with Gasteiger partial charge in [0.15, 0.2) is 0 Å². The van der Waals surface area contributed by atoms with Crippen LogP contribution in [0.2, 0.25) is 0 Å². The molecule has 1 atom stereocenters. The summed E-state index contributed by atoms with van der Waals surface area (Å²) in [7, 11) is 0. The van der Waals surface area contributed by atoms with E-state index >= 15 is 0 Å². The molecule has 0 aliphatic carbocycles. The van der Waals surface area contributed by atoms with Crippen LogP contribution in [0.3, 0.4) is 0 Å². The molecule has 1 heteroatoms. The van der Waals surface area contributed by atoms with Gasteiger partial charge in [-0.15, -0.1) is 0 Å². The van der Waals surface area contributed by atoms with Gasteiger partial charge in [-0.25, -0.2) is 0 Å². The van der Waals surface area contributed by atoms with Crippen LogP contribution in [-0.2, 0) is 5.54 Å². The van der Waals surface area contributed by atoms with E-state index in [1.165, 1.54) is 23.0 Å². The second-order valence-electron chi connectivity index (χ2n) is 5.94. The normalized spacial score (nSPS) is 14.2. The van der Waals surface area contributed by atoms with E-state index in [4.69, 9.17) is 0 Å². The van der Waals surface area contributed by atoms with E-state index in [1.54, 1.807) is 0 Å². The Morgan fingerprint density at radius 2 is 1.82 bits per heavy atom. The predicted molar refractivity (Wildman–Crippen MR) is 75.6 cm³/mol. The molecule has 1 aromatic heterocycles. The average Bonchev–Trinajstić information content (AvgIpc) is 2.66. The number of fused-ring (bicyclic) bond motifs is 1. The molecule has 1 heterocycles. The van der Waals surface area contributed by atoms with Crippen molar-refractivity contribution in [3.05, 3.63) is 36.0 Å². The maximum Gasteiger partial charge on any atom is 0.0487 e. The minimum Gasteiger partial charge on any atom is -0.339 e. The first-order chi connectivity index (χ1) is 7.95. The number of benzene rings is 1. The molecular weight excluding hydrogens is 206 g/mol. The highest BCUT2D eigenvalue weighted by atomic mass is 15.1. The maximum absolute atomic E-state index is 2.50. The lowest BCUT2D eigenvalue weighted by Gasteiger charge is -2.28. The van der Waals surface area contributed by atoms with Crippen LogP contribution in [0.25, 0.3) is 10.9 Å². The Kier molecular flexibility index (Phi) is 3.03. The van der Waals surface area contributed by atoms with E-state index in [2.05, 4.69) is 69.5 Å². The third kappa shape index (κ3) is 2.11. The maximum atomic E-state index is 2.50. The number of hydrogen-bond acceptors (Lipinski definition) is 0. The van der Waals surface area contributed by atoms with Crippen molar-refractivity contribution in [3.8, 4) is 0 Å². The molecule has 1 unspecified atom stereocenters. The topological polar surface area (TPSA) is 4.93 Å². The van der Waals surface area contributed by atoms with Gasteiger partial charge >= 0.3 is 0 Å². The summed E-state index contributed by atoms with van der Waals surface area (Å²) in [5.41, 5.74) is 2.96. The number of rotatable bonds is 2. The van der Waals surface area contributed by atoms with Crippen LogP contribution in [0, 0.1) is 0 Å². The zero-order chi connectivity index (χ0) is 12.6. The highest BCUT2D eigenvalue weighted by Gasteiger charge is 2.21. The predicted octanol–water partition coefficient (Wildman–Crippen LogP) is 4.91. The van der Waals surface area contributed by atoms with Gasteiger partial charge in [0.2, 0.25) is 0 Å². The number of nitrogens with zero attached hydrogens (tertiary/aromatic N) is 1. The summed E-state index contributed by atoms with van der Waals surface area (Å²) < 4.78 is 2.50. The number of hydrogen-bond donors (Lipinski definition) is 0. The van der Waals surface area contributed by atoms with Gasteiger partial charge in [-0.2, -0.15) is 0 Å². The Labute approximate surface area is 104 Å². The summed E-state index contributed by atoms with van der Waals surface area (Å²) in [6.45, 7) is 11.4. The van der Waals surface area contributed by atoms with Gasteiger partial charge in [0.05, 0.1) is 0 Å². The van der Waals surface area contributed by atoms with Crippen LogP contribution in [0.15, 0.2) is 30.3 Å². The minimum atomic E-state index is 0.141. The summed E-state index contributed by atoms with van der Waals surface area (Å²) in [4.78, 5) is 0. The van der Waals surface area contributed by atoms with Gasteiger partial charge in [-0.05, 0) is 50.6 Å². The van der Waals surface area contributed by atoms with Crippen LogP contribution in [-0.4, -0.2) is 4.57 Å². The van der Waals surface area contributed by atoms with Gasteiger partial charge in [-0.1, -0.05) is 32.0 Å². The molecule has 2 aromatic rings. The van der Waals surface area contributed by atoms with Gasteiger partial charge in [0.1, 0.15) is 0 Å². The minimum absolute atomic E-state index is 0.141. The fourth-order valence-corrected chi connectivity index (χ4v) is 2.50. The molecular formula is C16H23N. The Bertz CT molecular complexity index is 514. The lowest BCUT2D eigenvalue weighted by molar-refractivity contribution is 0.389. The smallest absolute Gasteiger partial charge is 0.0487 e. The molecule has 0 N–H and O–H groups in total. The van der Waals surface area contributed by atoms with E-state index in [-0.39, 0.29) is 5.54 Å². The van der Waals surface area contributed by atoms with Crippen LogP contribution in [0.4, 0.5) is 0 Å². The first-order valence-corrected chi connectivity index (χ1v) is 6.56. The largest absolute Gasteiger partial charge is 0.339 e. The zero-order valence-corrected chi connectivity index (χ0v) is 11.6. The Morgan fingerprint density at radius 1 is 1.18 bits per heavy atom. The third-order valence-corrected chi connectivity index (χ3v) is 3.53. The first kappa shape index (κ1) is 12.2. The van der Waals surface area contributed by atoms with Gasteiger partial charge in [0, 0.05) is 16.7 Å². The molecule has 0 spiro atoms. The molecule has 1 nitrogen and oxygen atoms in total. The van der Waals surface area contributed by atoms with Crippen molar-refractivity contribution in [1.29, 1.82) is 0 Å². The van der Waals surface area contributed by atoms with Crippen molar-refractivity contribution >= 4 is 10.9 Å². The number of aromatic nitrogens is 1. The molecule has 0 amide bonds. The monoisotopic (exact) mass is 229 g/mol. The van der Waals surface area contributed by atoms with Crippen molar-refractivity contribution in [2.45, 2.75) is 52.5 Å². The van der Waals surface area contributed by atoms with Crippen molar-refractivity contribution in [1.82, 2.24) is 4.57 Å². The van der Waals surface area contributed by atoms with E-state index in [0.29, 0.717) is 5.92 Å². The second kappa shape index (κ2) is 4.21. The fraction of sp³-hybridized carbons (Fsp3) is 0.500. The van der Waals surface area contributed by atoms with E-state index in [1.807, 2.05) is 0 Å². The summed E-state index contributed by atoms with van der Waals surface area (Å²) >= 11 is 0. The van der Waals surface area contributed by atoms with Crippen molar-refractivity contribution < 1.29 is 0 Å². The van der Waals surface area contributed by atoms with E-state index in [0.717, 1.165) is 0 Å². The molecule has 17 heavy (non-hydrogen) atoms. The van der Waals surface area contributed by atoms with Crippen molar-refractivity contribution in [2.75, 3.05) is 0 Å². The average molecular weight is 229 g/mol. The summed E-state index contributed by atoms with van der Waals surface area (Å²) in [5, 5.41) is 1.36. The standard InChI is InChI=1S/C16H23N/c1-6-12(2)15-11-13-9-7-8-10-14(13)17(15)16(3,4)5/h7-12H,6H2,1-5H3. The molecule has 0 bridgehead atoms. The summed E-state index contributed by atoms with van der Waals surface area (Å²) in [6.07, 6.45) is 1.19. The SMILES string of the molecule is CCC(C)c1cc2ccccc2n1C(C)(C)C. The number of para-hydroxylation sites is 1. The molecule has 0 aliphatic rings. The zero-order valence-electron chi connectivity index (χ0n) is 11.6. The Hall–Kier alpha value is -1.24. The molecule has 92 valence electrons. The summed E-state index contributed by atoms with van der Waals surface area (Å²) in [5.74, 6) is 0.613. The lowest BCUT2D eigenvalue weighted by Crippen LogP contribution is -2.24. The molecule has 2 rings (SSSR count). The van der Waals surface area contributed by atoms with Gasteiger partial charge in [-0.3, -0.25) is 0 Å². The highest BCUT2D eigenvalue weighted by Crippen LogP contribution is 2.32. The van der Waals surface area contributed by atoms with Crippen LogP contribution in [0.1, 0.15) is 52.7 Å². The quantitative estimate of drug-likeness (QED) is 0.689. The molecule has 0 aliphatic heterocycles. The Morgan fingerprint density at radius 3 is 2.41 bits per heavy atom. The van der Waals surface area contributed by atoms with Crippen LogP contribution >= 0.6 is 0 Å². The molecule has 0 radical (unpaired) electrons. The lowest BCUT2D eigenvalue weighted by atomic mass is 10.0. The van der Waals surface area contributed by atoms with Crippen molar-refractivity contribution in [3.63, 3.8) is 0 Å². The molecule has 0 saturated carbocycles. The molecule has 0 fully saturated rings. The van der Waals surface area contributed by atoms with Crippen molar-refractivity contribution in [2.24, 2.45) is 0 Å². The van der Waals surface area contributed by atoms with E-state index in [9.17, 15) is 0 Å². The van der Waals surface area contributed by atoms with Crippen LogP contribution in [0.5, 0.6) is 0 Å². The van der Waals surface area contributed by atoms with Gasteiger partial charge in [0.25, 0.3) is 0 Å². The molecule has 1 aromatic carbocycles. The van der Waals surface area contributed by atoms with Gasteiger partial charge < -0.3 is 4.57 Å². The highest BCUT2D eigenvalue weighted by molar-refractivity contribution is 5.81. The first-order valence-electron chi connectivity index (χ1n) is 6.56. The van der Waals surface area contributed by atoms with Crippen LogP contribution < -0.4 is 0 Å². The van der Waals surface area contributed by atoms with E-state index < -0.39 is 0 Å². The fourth-order valence-electron chi connectivity index (χ4n) is 2.50. The molecule has 0 saturated heterocycles.